The van der Waals surface area contributed by atoms with E-state index in [1.807, 2.05) is 7.05 Å². The fourth-order valence-corrected chi connectivity index (χ4v) is 2.40. The fourth-order valence-electron chi connectivity index (χ4n) is 2.40. The Kier molecular flexibility index (Phi) is 3.80. The second-order valence-corrected chi connectivity index (χ2v) is 5.07. The van der Waals surface area contributed by atoms with E-state index in [9.17, 15) is 9.59 Å². The molecular weight excluding hydrogens is 294 g/mol. The number of rotatable bonds is 3. The highest BCUT2D eigenvalue weighted by Crippen LogP contribution is 2.19. The largest absolute Gasteiger partial charge is 0.465 e. The zero-order chi connectivity index (χ0) is 16.4. The molecule has 2 heterocycles. The summed E-state index contributed by atoms with van der Waals surface area (Å²) < 4.78 is 8.04. The lowest BCUT2D eigenvalue weighted by molar-refractivity contribution is 0.0601. The van der Waals surface area contributed by atoms with Crippen LogP contribution in [0.4, 0.5) is 0 Å². The molecule has 0 aliphatic carbocycles. The Bertz CT molecular complexity index is 911. The van der Waals surface area contributed by atoms with Crippen molar-refractivity contribution in [2.24, 2.45) is 7.05 Å². The Hall–Kier alpha value is -3.15. The van der Waals surface area contributed by atoms with Crippen LogP contribution in [0.3, 0.4) is 0 Å². The van der Waals surface area contributed by atoms with E-state index in [-0.39, 0.29) is 5.43 Å². The van der Waals surface area contributed by atoms with Crippen LogP contribution in [0.2, 0.25) is 0 Å². The molecule has 0 aliphatic rings. The van der Waals surface area contributed by atoms with E-state index in [0.29, 0.717) is 22.4 Å². The predicted molar refractivity (Wildman–Crippen MR) is 85.6 cm³/mol. The number of hydrogen-bond acceptors (Lipinski definition) is 4. The summed E-state index contributed by atoms with van der Waals surface area (Å²) in [5.74, 6) is -0.438. The molecular formula is C17H15N3O3. The highest BCUT2D eigenvalue weighted by atomic mass is 16.5. The molecule has 2 aromatic heterocycles. The van der Waals surface area contributed by atoms with Gasteiger partial charge in [-0.15, -0.1) is 0 Å². The molecule has 0 radical (unpaired) electrons. The smallest absolute Gasteiger partial charge is 0.337 e. The minimum absolute atomic E-state index is 0.159. The second-order valence-electron chi connectivity index (χ2n) is 5.07. The van der Waals surface area contributed by atoms with Crippen LogP contribution in [-0.2, 0) is 11.8 Å². The topological polar surface area (TPSA) is 66.1 Å². The van der Waals surface area contributed by atoms with Gasteiger partial charge >= 0.3 is 5.97 Å². The molecule has 116 valence electrons. The van der Waals surface area contributed by atoms with Crippen molar-refractivity contribution < 1.29 is 9.53 Å². The van der Waals surface area contributed by atoms with Crippen molar-refractivity contribution in [3.05, 3.63) is 70.9 Å². The first-order chi connectivity index (χ1) is 11.1. The quantitative estimate of drug-likeness (QED) is 0.694. The molecule has 0 fully saturated rings. The molecule has 3 aromatic rings. The van der Waals surface area contributed by atoms with Gasteiger partial charge in [-0.1, -0.05) is 12.1 Å². The van der Waals surface area contributed by atoms with Crippen LogP contribution in [-0.4, -0.2) is 27.4 Å². The van der Waals surface area contributed by atoms with Crippen molar-refractivity contribution >= 4 is 5.97 Å². The number of aromatic nitrogens is 3. The van der Waals surface area contributed by atoms with Gasteiger partial charge in [-0.05, 0) is 23.8 Å². The number of ether oxygens (including phenoxy) is 1. The zero-order valence-corrected chi connectivity index (χ0v) is 12.8. The van der Waals surface area contributed by atoms with E-state index in [0.717, 1.165) is 0 Å². The summed E-state index contributed by atoms with van der Waals surface area (Å²) in [6.45, 7) is 0. The summed E-state index contributed by atoms with van der Waals surface area (Å²) in [6.07, 6.45) is 6.77. The summed E-state index contributed by atoms with van der Waals surface area (Å²) in [7, 11) is 3.16. The minimum atomic E-state index is -0.438. The summed E-state index contributed by atoms with van der Waals surface area (Å²) in [6, 6.07) is 8.56. The first-order valence-corrected chi connectivity index (χ1v) is 6.99. The molecule has 0 N–H and O–H groups in total. The third kappa shape index (κ3) is 2.78. The zero-order valence-electron chi connectivity index (χ0n) is 12.8. The maximum Gasteiger partial charge on any atom is 0.337 e. The Labute approximate surface area is 132 Å². The summed E-state index contributed by atoms with van der Waals surface area (Å²) >= 11 is 0. The number of nitrogens with zero attached hydrogens (tertiary/aromatic N) is 3. The number of methoxy groups -OCH3 is 1. The van der Waals surface area contributed by atoms with Crippen molar-refractivity contribution in [1.82, 2.24) is 14.3 Å². The average molecular weight is 309 g/mol. The monoisotopic (exact) mass is 309 g/mol. The number of esters is 1. The maximum absolute atomic E-state index is 12.8. The molecule has 23 heavy (non-hydrogen) atoms. The lowest BCUT2D eigenvalue weighted by Crippen LogP contribution is -2.17. The SMILES string of the molecule is COC(=O)c1cccc(-c2cn(C)cc(-n3cccn3)c2=O)c1. The van der Waals surface area contributed by atoms with Crippen LogP contribution in [0.15, 0.2) is 59.9 Å². The Morgan fingerprint density at radius 2 is 2.04 bits per heavy atom. The van der Waals surface area contributed by atoms with Crippen LogP contribution in [0, 0.1) is 0 Å². The molecule has 0 spiro atoms. The molecule has 0 amide bonds. The third-order valence-corrected chi connectivity index (χ3v) is 3.48. The molecule has 3 rings (SSSR count). The first kappa shape index (κ1) is 14.8. The lowest BCUT2D eigenvalue weighted by atomic mass is 10.0. The van der Waals surface area contributed by atoms with Crippen LogP contribution < -0.4 is 5.43 Å². The Balaban J connectivity index is 2.18. The Morgan fingerprint density at radius 3 is 2.74 bits per heavy atom. The van der Waals surface area contributed by atoms with Gasteiger partial charge in [-0.25, -0.2) is 9.48 Å². The fraction of sp³-hybridized carbons (Fsp3) is 0.118. The van der Waals surface area contributed by atoms with Gasteiger partial charge in [-0.2, -0.15) is 5.10 Å². The van der Waals surface area contributed by atoms with E-state index >= 15 is 0 Å². The highest BCUT2D eigenvalue weighted by Gasteiger charge is 2.13. The van der Waals surface area contributed by atoms with Gasteiger partial charge in [0.1, 0.15) is 5.69 Å². The van der Waals surface area contributed by atoms with Crippen LogP contribution >= 0.6 is 0 Å². The van der Waals surface area contributed by atoms with Crippen molar-refractivity contribution in [1.29, 1.82) is 0 Å². The van der Waals surface area contributed by atoms with Crippen LogP contribution in [0.25, 0.3) is 16.8 Å². The molecule has 0 saturated carbocycles. The van der Waals surface area contributed by atoms with E-state index < -0.39 is 5.97 Å². The van der Waals surface area contributed by atoms with Gasteiger partial charge in [0.25, 0.3) is 0 Å². The van der Waals surface area contributed by atoms with Crippen molar-refractivity contribution in [3.8, 4) is 16.8 Å². The Morgan fingerprint density at radius 1 is 1.22 bits per heavy atom. The number of hydrogen-bond donors (Lipinski definition) is 0. The standard InChI is InChI=1S/C17H15N3O3/c1-19-10-14(12-5-3-6-13(9-12)17(22)23-2)16(21)15(11-19)20-8-4-7-18-20/h3-11H,1-2H3. The van der Waals surface area contributed by atoms with E-state index in [2.05, 4.69) is 5.10 Å². The van der Waals surface area contributed by atoms with E-state index in [1.165, 1.54) is 11.8 Å². The minimum Gasteiger partial charge on any atom is -0.465 e. The van der Waals surface area contributed by atoms with Crippen LogP contribution in [0.1, 0.15) is 10.4 Å². The normalized spacial score (nSPS) is 10.5. The molecule has 1 aromatic carbocycles. The number of aryl methyl sites for hydroxylation is 1. The molecule has 0 unspecified atom stereocenters. The summed E-state index contributed by atoms with van der Waals surface area (Å²) in [5, 5.41) is 4.11. The van der Waals surface area contributed by atoms with Crippen molar-refractivity contribution in [2.75, 3.05) is 7.11 Å². The van der Waals surface area contributed by atoms with E-state index in [1.54, 1.807) is 59.7 Å². The number of benzene rings is 1. The van der Waals surface area contributed by atoms with Gasteiger partial charge in [0.15, 0.2) is 0 Å². The predicted octanol–water partition coefficient (Wildman–Crippen LogP) is 2.02. The van der Waals surface area contributed by atoms with E-state index in [4.69, 9.17) is 4.74 Å². The molecule has 0 atom stereocenters. The second kappa shape index (κ2) is 5.92. The first-order valence-electron chi connectivity index (χ1n) is 6.99. The van der Waals surface area contributed by atoms with Gasteiger partial charge in [0.2, 0.25) is 5.43 Å². The molecule has 0 bridgehead atoms. The lowest BCUT2D eigenvalue weighted by Gasteiger charge is -2.09. The van der Waals surface area contributed by atoms with Crippen molar-refractivity contribution in [3.63, 3.8) is 0 Å². The molecule has 0 aliphatic heterocycles. The maximum atomic E-state index is 12.8. The highest BCUT2D eigenvalue weighted by molar-refractivity contribution is 5.91. The number of carbonyl (C=O) groups is 1. The number of pyridine rings is 1. The molecule has 0 saturated heterocycles. The van der Waals surface area contributed by atoms with Gasteiger partial charge < -0.3 is 9.30 Å². The summed E-state index contributed by atoms with van der Waals surface area (Å²) in [5.41, 5.74) is 1.83. The molecule has 6 heteroatoms. The van der Waals surface area contributed by atoms with Crippen LogP contribution in [0.5, 0.6) is 0 Å². The van der Waals surface area contributed by atoms with Gasteiger partial charge in [-0.3, -0.25) is 4.79 Å². The summed E-state index contributed by atoms with van der Waals surface area (Å²) in [4.78, 5) is 24.5. The van der Waals surface area contributed by atoms with Gasteiger partial charge in [0.05, 0.1) is 12.7 Å². The van der Waals surface area contributed by atoms with Crippen molar-refractivity contribution in [2.45, 2.75) is 0 Å². The van der Waals surface area contributed by atoms with Gasteiger partial charge in [0, 0.05) is 37.4 Å². The third-order valence-electron chi connectivity index (χ3n) is 3.48. The average Bonchev–Trinajstić information content (AvgIpc) is 3.10. The molecule has 6 nitrogen and oxygen atoms in total. The number of carbonyl (C=O) groups excluding carboxylic acids is 1.